The molecule has 0 N–H and O–H groups in total. The van der Waals surface area contributed by atoms with E-state index in [4.69, 9.17) is 0 Å². The lowest BCUT2D eigenvalue weighted by Crippen LogP contribution is -2.48. The van der Waals surface area contributed by atoms with Crippen molar-refractivity contribution in [3.05, 3.63) is 12.2 Å². The summed E-state index contributed by atoms with van der Waals surface area (Å²) in [5.41, 5.74) is 0. The maximum absolute atomic E-state index is 12.1. The summed E-state index contributed by atoms with van der Waals surface area (Å²) in [6, 6.07) is 0. The van der Waals surface area contributed by atoms with E-state index in [1.807, 2.05) is 19.0 Å². The molecular formula is C17H32N5O+. The first-order valence-electron chi connectivity index (χ1n) is 8.68. The third-order valence-corrected chi connectivity index (χ3v) is 4.74. The van der Waals surface area contributed by atoms with Crippen LogP contribution in [-0.4, -0.2) is 65.5 Å². The molecule has 1 heterocycles. The number of quaternary nitrogens is 1. The van der Waals surface area contributed by atoms with E-state index in [9.17, 15) is 4.79 Å². The summed E-state index contributed by atoms with van der Waals surface area (Å²) >= 11 is 0. The molecule has 0 spiro atoms. The van der Waals surface area contributed by atoms with E-state index in [1.165, 1.54) is 6.33 Å². The van der Waals surface area contributed by atoms with Crippen molar-refractivity contribution in [2.75, 3.05) is 45.2 Å². The smallest absolute Gasteiger partial charge is 0.228 e. The second-order valence-corrected chi connectivity index (χ2v) is 6.25. The Bertz CT molecular complexity index is 477. The van der Waals surface area contributed by atoms with Crippen LogP contribution in [0, 0.1) is 0 Å². The minimum atomic E-state index is 0.352. The summed E-state index contributed by atoms with van der Waals surface area (Å²) in [6.07, 6.45) is 4.36. The summed E-state index contributed by atoms with van der Waals surface area (Å²) in [5.74, 6) is 1.78. The monoisotopic (exact) mass is 322 g/mol. The standard InChI is InChI=1S/C17H32N5O/c1-6-22(7-2,8-3)13-12-15(23)10-9-11-16-18-14-19-17(20-16)21(4)5/h14H,6-13H2,1-5H3/q+1. The first-order valence-corrected chi connectivity index (χ1v) is 8.68. The van der Waals surface area contributed by atoms with Crippen LogP contribution >= 0.6 is 0 Å². The van der Waals surface area contributed by atoms with Gasteiger partial charge in [-0.3, -0.25) is 4.79 Å². The fourth-order valence-electron chi connectivity index (χ4n) is 2.73. The predicted molar refractivity (Wildman–Crippen MR) is 93.5 cm³/mol. The highest BCUT2D eigenvalue weighted by atomic mass is 16.1. The Balaban J connectivity index is 2.38. The second kappa shape index (κ2) is 9.55. The van der Waals surface area contributed by atoms with Gasteiger partial charge in [0.2, 0.25) is 5.95 Å². The minimum Gasteiger partial charge on any atom is -0.347 e. The molecule has 0 radical (unpaired) electrons. The van der Waals surface area contributed by atoms with Gasteiger partial charge >= 0.3 is 0 Å². The van der Waals surface area contributed by atoms with Gasteiger partial charge in [-0.15, -0.1) is 0 Å². The quantitative estimate of drug-likeness (QED) is 0.584. The van der Waals surface area contributed by atoms with Crippen LogP contribution in [0.1, 0.15) is 45.9 Å². The third kappa shape index (κ3) is 6.22. The topological polar surface area (TPSA) is 59.0 Å². The molecule has 6 nitrogen and oxygen atoms in total. The van der Waals surface area contributed by atoms with Gasteiger partial charge in [0, 0.05) is 26.9 Å². The lowest BCUT2D eigenvalue weighted by molar-refractivity contribution is -0.922. The Labute approximate surface area is 140 Å². The van der Waals surface area contributed by atoms with E-state index < -0.39 is 0 Å². The number of carbonyl (C=O) groups excluding carboxylic acids is 1. The lowest BCUT2D eigenvalue weighted by Gasteiger charge is -2.35. The van der Waals surface area contributed by atoms with Crippen LogP contribution in [0.15, 0.2) is 6.33 Å². The highest BCUT2D eigenvalue weighted by Crippen LogP contribution is 2.10. The van der Waals surface area contributed by atoms with Crippen LogP contribution in [0.4, 0.5) is 5.95 Å². The zero-order valence-electron chi connectivity index (χ0n) is 15.4. The number of carbonyl (C=O) groups is 1. The lowest BCUT2D eigenvalue weighted by atomic mass is 10.1. The molecule has 0 atom stereocenters. The first kappa shape index (κ1) is 19.5. The Hall–Kier alpha value is -1.56. The Kier molecular flexibility index (Phi) is 8.09. The molecule has 1 aromatic rings. The van der Waals surface area contributed by atoms with Crippen LogP contribution in [-0.2, 0) is 11.2 Å². The summed E-state index contributed by atoms with van der Waals surface area (Å²) < 4.78 is 1.03. The fourth-order valence-corrected chi connectivity index (χ4v) is 2.73. The molecule has 23 heavy (non-hydrogen) atoms. The van der Waals surface area contributed by atoms with Crippen molar-refractivity contribution in [3.8, 4) is 0 Å². The van der Waals surface area contributed by atoms with E-state index in [0.717, 1.165) is 49.3 Å². The number of aryl methyl sites for hydroxylation is 1. The van der Waals surface area contributed by atoms with Crippen LogP contribution in [0.25, 0.3) is 0 Å². The zero-order chi connectivity index (χ0) is 17.3. The van der Waals surface area contributed by atoms with Crippen molar-refractivity contribution in [3.63, 3.8) is 0 Å². The molecule has 0 saturated carbocycles. The van der Waals surface area contributed by atoms with E-state index in [2.05, 4.69) is 35.7 Å². The van der Waals surface area contributed by atoms with Gasteiger partial charge in [0.05, 0.1) is 32.6 Å². The molecule has 0 saturated heterocycles. The van der Waals surface area contributed by atoms with E-state index in [1.54, 1.807) is 0 Å². The Morgan fingerprint density at radius 1 is 1.09 bits per heavy atom. The number of nitrogens with zero attached hydrogens (tertiary/aromatic N) is 5. The first-order chi connectivity index (χ1) is 11.0. The van der Waals surface area contributed by atoms with Crippen molar-refractivity contribution >= 4 is 11.7 Å². The van der Waals surface area contributed by atoms with Gasteiger partial charge in [-0.05, 0) is 27.2 Å². The van der Waals surface area contributed by atoms with Crippen molar-refractivity contribution in [1.82, 2.24) is 15.0 Å². The van der Waals surface area contributed by atoms with Crippen LogP contribution in [0.5, 0.6) is 0 Å². The molecule has 0 fully saturated rings. The number of ketones is 1. The largest absolute Gasteiger partial charge is 0.347 e. The summed E-state index contributed by atoms with van der Waals surface area (Å²) in [5, 5.41) is 0. The van der Waals surface area contributed by atoms with Gasteiger partial charge in [0.15, 0.2) is 0 Å². The number of hydrogen-bond acceptors (Lipinski definition) is 5. The van der Waals surface area contributed by atoms with Gasteiger partial charge in [-0.1, -0.05) is 0 Å². The molecule has 0 unspecified atom stereocenters. The molecular weight excluding hydrogens is 290 g/mol. The maximum atomic E-state index is 12.1. The third-order valence-electron chi connectivity index (χ3n) is 4.74. The molecule has 0 aromatic carbocycles. The SMILES string of the molecule is CC[N+](CC)(CC)CCC(=O)CCCc1ncnc(N(C)C)n1. The normalized spacial score (nSPS) is 11.5. The van der Waals surface area contributed by atoms with Gasteiger partial charge < -0.3 is 9.38 Å². The fraction of sp³-hybridized carbons (Fsp3) is 0.765. The van der Waals surface area contributed by atoms with Crippen LogP contribution < -0.4 is 4.90 Å². The van der Waals surface area contributed by atoms with E-state index in [0.29, 0.717) is 24.6 Å². The number of hydrogen-bond donors (Lipinski definition) is 0. The minimum absolute atomic E-state index is 0.352. The van der Waals surface area contributed by atoms with E-state index in [-0.39, 0.29) is 0 Å². The van der Waals surface area contributed by atoms with Gasteiger partial charge in [-0.25, -0.2) is 9.97 Å². The summed E-state index contributed by atoms with van der Waals surface area (Å²) in [6.45, 7) is 10.9. The molecule has 0 aliphatic heterocycles. The molecule has 0 aliphatic carbocycles. The number of Topliss-reactive ketones (excluding diaryl/α,β-unsaturated/α-hetero) is 1. The number of rotatable bonds is 11. The number of anilines is 1. The summed E-state index contributed by atoms with van der Waals surface area (Å²) in [7, 11) is 3.81. The molecule has 130 valence electrons. The van der Waals surface area contributed by atoms with Crippen molar-refractivity contribution in [1.29, 1.82) is 0 Å². The number of aromatic nitrogens is 3. The van der Waals surface area contributed by atoms with E-state index >= 15 is 0 Å². The Morgan fingerprint density at radius 3 is 2.30 bits per heavy atom. The molecule has 0 amide bonds. The highest BCUT2D eigenvalue weighted by molar-refractivity contribution is 5.78. The maximum Gasteiger partial charge on any atom is 0.228 e. The van der Waals surface area contributed by atoms with Gasteiger partial charge in [0.25, 0.3) is 0 Å². The average Bonchev–Trinajstić information content (AvgIpc) is 2.57. The average molecular weight is 322 g/mol. The summed E-state index contributed by atoms with van der Waals surface area (Å²) in [4.78, 5) is 26.7. The zero-order valence-corrected chi connectivity index (χ0v) is 15.4. The van der Waals surface area contributed by atoms with Crippen LogP contribution in [0.2, 0.25) is 0 Å². The van der Waals surface area contributed by atoms with Crippen molar-refractivity contribution in [2.24, 2.45) is 0 Å². The van der Waals surface area contributed by atoms with Gasteiger partial charge in [-0.2, -0.15) is 4.98 Å². The molecule has 0 aliphatic rings. The second-order valence-electron chi connectivity index (χ2n) is 6.25. The molecule has 1 rings (SSSR count). The van der Waals surface area contributed by atoms with Crippen LogP contribution in [0.3, 0.4) is 0 Å². The molecule has 6 heteroatoms. The highest BCUT2D eigenvalue weighted by Gasteiger charge is 2.21. The predicted octanol–water partition coefficient (Wildman–Crippen LogP) is 2.10. The molecule has 0 bridgehead atoms. The van der Waals surface area contributed by atoms with Gasteiger partial charge in [0.1, 0.15) is 17.9 Å². The Morgan fingerprint density at radius 2 is 1.74 bits per heavy atom. The van der Waals surface area contributed by atoms with Crippen molar-refractivity contribution in [2.45, 2.75) is 46.5 Å². The molecule has 1 aromatic heterocycles. The van der Waals surface area contributed by atoms with Crippen molar-refractivity contribution < 1.29 is 9.28 Å².